The Labute approximate surface area is 214 Å². The van der Waals surface area contributed by atoms with Crippen molar-refractivity contribution in [2.24, 2.45) is 0 Å². The summed E-state index contributed by atoms with van der Waals surface area (Å²) in [5, 5.41) is 13.3. The van der Waals surface area contributed by atoms with Crippen molar-refractivity contribution < 1.29 is 31.5 Å². The van der Waals surface area contributed by atoms with Gasteiger partial charge in [0.15, 0.2) is 0 Å². The molecule has 0 spiro atoms. The monoisotopic (exact) mass is 534 g/mol. The number of halogens is 5. The van der Waals surface area contributed by atoms with Gasteiger partial charge >= 0.3 is 6.18 Å². The Hall–Kier alpha value is -3.92. The van der Waals surface area contributed by atoms with Crippen molar-refractivity contribution in [3.8, 4) is 22.9 Å². The van der Waals surface area contributed by atoms with E-state index in [1.54, 1.807) is 10.6 Å². The molecule has 1 saturated heterocycles. The van der Waals surface area contributed by atoms with E-state index in [-0.39, 0.29) is 10.6 Å². The summed E-state index contributed by atoms with van der Waals surface area (Å²) in [4.78, 5) is 17.1. The Morgan fingerprint density at radius 3 is 2.55 bits per heavy atom. The number of rotatable bonds is 5. The zero-order chi connectivity index (χ0) is 27.2. The molecule has 38 heavy (non-hydrogen) atoms. The number of piperazine rings is 1. The summed E-state index contributed by atoms with van der Waals surface area (Å²) in [6.07, 6.45) is -1.50. The molecule has 1 aromatic carbocycles. The predicted octanol–water partition coefficient (Wildman–Crippen LogP) is 3.77. The van der Waals surface area contributed by atoms with Crippen LogP contribution in [0.5, 0.6) is 5.75 Å². The van der Waals surface area contributed by atoms with Gasteiger partial charge in [-0.1, -0.05) is 0 Å². The molecule has 200 valence electrons. The van der Waals surface area contributed by atoms with E-state index in [1.165, 1.54) is 19.4 Å². The molecule has 0 radical (unpaired) electrons. The summed E-state index contributed by atoms with van der Waals surface area (Å²) in [6.45, 7) is 0.177. The van der Waals surface area contributed by atoms with Crippen LogP contribution in [0.25, 0.3) is 16.6 Å². The quantitative estimate of drug-likeness (QED) is 0.367. The van der Waals surface area contributed by atoms with Crippen LogP contribution < -0.4 is 9.64 Å². The number of methoxy groups -OCH3 is 1. The zero-order valence-electron chi connectivity index (χ0n) is 20.3. The first-order valence-electron chi connectivity index (χ1n) is 11.8. The van der Waals surface area contributed by atoms with Crippen LogP contribution in [0, 0.1) is 11.3 Å². The first-order chi connectivity index (χ1) is 18.0. The molecule has 2 aliphatic heterocycles. The number of amides is 1. The number of nitrogens with zero attached hydrogens (tertiary/aromatic N) is 6. The Morgan fingerprint density at radius 2 is 1.89 bits per heavy atom. The standard InChI is InChI=1S/C25H23F5N6O2/c1-38-21-11-16(10-19-22(21)23(37)35(14-24(19,26)27)15-25(28,29)30)18-12-32-36-13-17(2-3-20(18)36)34-8-6-33(5-4-31)7-9-34/h2-3,10-13H,5-9,14-15H2,1H3. The van der Waals surface area contributed by atoms with Gasteiger partial charge in [0.1, 0.15) is 12.3 Å². The van der Waals surface area contributed by atoms with Gasteiger partial charge in [0, 0.05) is 37.3 Å². The Morgan fingerprint density at radius 1 is 1.16 bits per heavy atom. The summed E-state index contributed by atoms with van der Waals surface area (Å²) < 4.78 is 75.8. The lowest BCUT2D eigenvalue weighted by molar-refractivity contribution is -0.151. The van der Waals surface area contributed by atoms with Crippen molar-refractivity contribution in [3.05, 3.63) is 47.8 Å². The van der Waals surface area contributed by atoms with E-state index in [1.807, 2.05) is 12.3 Å². The second-order valence-electron chi connectivity index (χ2n) is 9.28. The largest absolute Gasteiger partial charge is 0.496 e. The smallest absolute Gasteiger partial charge is 0.406 e. The van der Waals surface area contributed by atoms with E-state index in [2.05, 4.69) is 21.0 Å². The number of hydrogen-bond acceptors (Lipinski definition) is 6. The summed E-state index contributed by atoms with van der Waals surface area (Å²) in [5.41, 5.74) is 1.06. The summed E-state index contributed by atoms with van der Waals surface area (Å²) in [7, 11) is 1.17. The van der Waals surface area contributed by atoms with Gasteiger partial charge in [0.2, 0.25) is 0 Å². The van der Waals surface area contributed by atoms with Crippen LogP contribution in [0.2, 0.25) is 0 Å². The number of anilines is 1. The van der Waals surface area contributed by atoms with Crippen molar-refractivity contribution in [1.29, 1.82) is 5.26 Å². The molecule has 2 aliphatic rings. The Kier molecular flexibility index (Phi) is 6.38. The first-order valence-corrected chi connectivity index (χ1v) is 11.8. The molecule has 1 fully saturated rings. The highest BCUT2D eigenvalue weighted by Gasteiger charge is 2.48. The number of benzene rings is 1. The third-order valence-corrected chi connectivity index (χ3v) is 6.82. The number of carbonyl (C=O) groups is 1. The van der Waals surface area contributed by atoms with Gasteiger partial charge in [-0.15, -0.1) is 0 Å². The molecule has 0 atom stereocenters. The Bertz CT molecular complexity index is 1420. The molecular weight excluding hydrogens is 511 g/mol. The number of pyridine rings is 1. The fraction of sp³-hybridized carbons (Fsp3) is 0.400. The van der Waals surface area contributed by atoms with Crippen LogP contribution >= 0.6 is 0 Å². The van der Waals surface area contributed by atoms with E-state index >= 15 is 8.78 Å². The SMILES string of the molecule is COc1cc(-c2cnn3cc(N4CCN(CC#N)CC4)ccc23)cc2c1C(=O)N(CC(F)(F)F)CC2(F)F. The normalized spacial score (nSPS) is 18.0. The number of hydrogen-bond donors (Lipinski definition) is 0. The van der Waals surface area contributed by atoms with Gasteiger partial charge < -0.3 is 14.5 Å². The minimum Gasteiger partial charge on any atom is -0.496 e. The van der Waals surface area contributed by atoms with Crippen LogP contribution in [0.4, 0.5) is 27.6 Å². The van der Waals surface area contributed by atoms with Gasteiger partial charge in [0.05, 0.1) is 55.4 Å². The molecule has 0 aliphatic carbocycles. The number of carbonyl (C=O) groups excluding carboxylic acids is 1. The molecule has 3 aromatic rings. The number of nitriles is 1. The molecular formula is C25H23F5N6O2. The average molecular weight is 534 g/mol. The van der Waals surface area contributed by atoms with E-state index in [4.69, 9.17) is 10.00 Å². The van der Waals surface area contributed by atoms with E-state index in [0.717, 1.165) is 37.9 Å². The highest BCUT2D eigenvalue weighted by Crippen LogP contribution is 2.44. The highest BCUT2D eigenvalue weighted by atomic mass is 19.4. The third kappa shape index (κ3) is 4.71. The zero-order valence-corrected chi connectivity index (χ0v) is 20.3. The molecule has 5 rings (SSSR count). The predicted molar refractivity (Wildman–Crippen MR) is 127 cm³/mol. The van der Waals surface area contributed by atoms with Crippen LogP contribution in [0.15, 0.2) is 36.7 Å². The average Bonchev–Trinajstić information content (AvgIpc) is 3.29. The maximum atomic E-state index is 15.1. The third-order valence-electron chi connectivity index (χ3n) is 6.82. The number of fused-ring (bicyclic) bond motifs is 2. The van der Waals surface area contributed by atoms with Crippen molar-refractivity contribution in [2.75, 3.05) is 57.8 Å². The second-order valence-corrected chi connectivity index (χ2v) is 9.28. The molecule has 1 amide bonds. The van der Waals surface area contributed by atoms with Crippen LogP contribution in [-0.4, -0.2) is 84.4 Å². The molecule has 2 aromatic heterocycles. The van der Waals surface area contributed by atoms with Gasteiger partial charge in [-0.25, -0.2) is 4.52 Å². The maximum Gasteiger partial charge on any atom is 0.406 e. The fourth-order valence-corrected chi connectivity index (χ4v) is 4.99. The van der Waals surface area contributed by atoms with Gasteiger partial charge in [0.25, 0.3) is 11.8 Å². The Balaban J connectivity index is 1.49. The van der Waals surface area contributed by atoms with Crippen molar-refractivity contribution in [1.82, 2.24) is 19.4 Å². The lowest BCUT2D eigenvalue weighted by Crippen LogP contribution is -2.49. The minimum atomic E-state index is -4.82. The van der Waals surface area contributed by atoms with Crippen molar-refractivity contribution in [2.45, 2.75) is 12.1 Å². The van der Waals surface area contributed by atoms with E-state index in [0.29, 0.717) is 23.2 Å². The fourth-order valence-electron chi connectivity index (χ4n) is 4.99. The summed E-state index contributed by atoms with van der Waals surface area (Å²) in [5.74, 6) is -5.12. The van der Waals surface area contributed by atoms with Crippen molar-refractivity contribution >= 4 is 17.1 Å². The second kappa shape index (κ2) is 9.43. The number of ether oxygens (including phenoxy) is 1. The number of aromatic nitrogens is 2. The molecule has 0 unspecified atom stereocenters. The first kappa shape index (κ1) is 25.7. The van der Waals surface area contributed by atoms with Gasteiger partial charge in [-0.3, -0.25) is 9.69 Å². The molecule has 13 heteroatoms. The summed E-state index contributed by atoms with van der Waals surface area (Å²) >= 11 is 0. The maximum absolute atomic E-state index is 15.1. The number of alkyl halides is 5. The molecule has 4 heterocycles. The lowest BCUT2D eigenvalue weighted by atomic mass is 9.91. The van der Waals surface area contributed by atoms with Gasteiger partial charge in [-0.05, 0) is 29.8 Å². The van der Waals surface area contributed by atoms with Crippen LogP contribution in [0.1, 0.15) is 15.9 Å². The van der Waals surface area contributed by atoms with E-state index in [9.17, 15) is 18.0 Å². The van der Waals surface area contributed by atoms with Crippen LogP contribution in [0.3, 0.4) is 0 Å². The van der Waals surface area contributed by atoms with Crippen LogP contribution in [-0.2, 0) is 5.92 Å². The lowest BCUT2D eigenvalue weighted by Gasteiger charge is -2.35. The molecule has 0 saturated carbocycles. The minimum absolute atomic E-state index is 0.0987. The molecule has 0 N–H and O–H groups in total. The highest BCUT2D eigenvalue weighted by molar-refractivity contribution is 6.01. The van der Waals surface area contributed by atoms with Crippen molar-refractivity contribution in [3.63, 3.8) is 0 Å². The van der Waals surface area contributed by atoms with Gasteiger partial charge in [-0.2, -0.15) is 32.3 Å². The summed E-state index contributed by atoms with van der Waals surface area (Å²) in [6, 6.07) is 8.34. The van der Waals surface area contributed by atoms with E-state index < -0.39 is 42.2 Å². The molecule has 0 bridgehead atoms. The topological polar surface area (TPSA) is 77.1 Å². The molecule has 8 nitrogen and oxygen atoms in total.